The van der Waals surface area contributed by atoms with E-state index in [-0.39, 0.29) is 5.82 Å². The summed E-state index contributed by atoms with van der Waals surface area (Å²) in [5.41, 5.74) is 4.06. The van der Waals surface area contributed by atoms with Crippen molar-refractivity contribution in [2.75, 3.05) is 6.61 Å². The third-order valence-electron chi connectivity index (χ3n) is 4.05. The molecular weight excluding hydrogens is 267 g/mol. The van der Waals surface area contributed by atoms with Gasteiger partial charge in [-0.15, -0.1) is 0 Å². The largest absolute Gasteiger partial charge is 0.493 e. The number of aliphatic hydroxyl groups excluding tert-OH is 1. The maximum atomic E-state index is 13.1. The third kappa shape index (κ3) is 3.08. The van der Waals surface area contributed by atoms with E-state index in [4.69, 9.17) is 4.74 Å². The lowest BCUT2D eigenvalue weighted by Gasteiger charge is -2.14. The molecule has 2 nitrogen and oxygen atoms in total. The van der Waals surface area contributed by atoms with Crippen LogP contribution in [0.15, 0.2) is 36.4 Å². The van der Waals surface area contributed by atoms with Crippen molar-refractivity contribution in [1.82, 2.24) is 0 Å². The molecule has 0 aromatic heterocycles. The fourth-order valence-electron chi connectivity index (χ4n) is 2.87. The second kappa shape index (κ2) is 5.86. The molecule has 0 saturated heterocycles. The molecule has 0 amide bonds. The van der Waals surface area contributed by atoms with Crippen LogP contribution in [-0.2, 0) is 12.8 Å². The topological polar surface area (TPSA) is 29.5 Å². The van der Waals surface area contributed by atoms with Crippen LogP contribution in [0.2, 0.25) is 0 Å². The molecule has 3 heteroatoms. The Morgan fingerprint density at radius 2 is 2.10 bits per heavy atom. The normalized spacial score (nSPS) is 14.6. The van der Waals surface area contributed by atoms with Crippen molar-refractivity contribution in [3.63, 3.8) is 0 Å². The molecule has 0 spiro atoms. The molecule has 110 valence electrons. The summed E-state index contributed by atoms with van der Waals surface area (Å²) >= 11 is 0. The molecule has 1 aliphatic heterocycles. The summed E-state index contributed by atoms with van der Waals surface area (Å²) in [6, 6.07) is 10.8. The SMILES string of the molecule is Cc1cc(F)ccc1C(O)CCc1ccc2c(c1)CCO2. The molecule has 1 heterocycles. The van der Waals surface area contributed by atoms with Crippen LogP contribution in [0, 0.1) is 12.7 Å². The van der Waals surface area contributed by atoms with Crippen molar-refractivity contribution in [1.29, 1.82) is 0 Å². The van der Waals surface area contributed by atoms with Gasteiger partial charge in [0, 0.05) is 6.42 Å². The van der Waals surface area contributed by atoms with Gasteiger partial charge in [0.25, 0.3) is 0 Å². The van der Waals surface area contributed by atoms with Crippen molar-refractivity contribution >= 4 is 0 Å². The summed E-state index contributed by atoms with van der Waals surface area (Å²) in [4.78, 5) is 0. The van der Waals surface area contributed by atoms with Gasteiger partial charge in [-0.2, -0.15) is 0 Å². The lowest BCUT2D eigenvalue weighted by molar-refractivity contribution is 0.167. The van der Waals surface area contributed by atoms with Crippen LogP contribution in [0.3, 0.4) is 0 Å². The van der Waals surface area contributed by atoms with Gasteiger partial charge in [-0.05, 0) is 60.2 Å². The number of aryl methyl sites for hydroxylation is 2. The van der Waals surface area contributed by atoms with E-state index in [1.807, 2.05) is 19.1 Å². The smallest absolute Gasteiger partial charge is 0.123 e. The molecule has 0 saturated carbocycles. The molecule has 1 unspecified atom stereocenters. The van der Waals surface area contributed by atoms with Gasteiger partial charge in [0.2, 0.25) is 0 Å². The second-order valence-corrected chi connectivity index (χ2v) is 5.60. The van der Waals surface area contributed by atoms with Gasteiger partial charge in [-0.25, -0.2) is 4.39 Å². The zero-order chi connectivity index (χ0) is 14.8. The third-order valence-corrected chi connectivity index (χ3v) is 4.05. The summed E-state index contributed by atoms with van der Waals surface area (Å²) in [6.45, 7) is 2.59. The van der Waals surface area contributed by atoms with Gasteiger partial charge in [0.05, 0.1) is 12.7 Å². The number of hydrogen-bond donors (Lipinski definition) is 1. The van der Waals surface area contributed by atoms with Crippen LogP contribution in [0.4, 0.5) is 4.39 Å². The summed E-state index contributed by atoms with van der Waals surface area (Å²) in [5.74, 6) is 0.718. The highest BCUT2D eigenvalue weighted by molar-refractivity contribution is 5.40. The minimum absolute atomic E-state index is 0.262. The average Bonchev–Trinajstić information content (AvgIpc) is 2.92. The van der Waals surface area contributed by atoms with Crippen LogP contribution in [-0.4, -0.2) is 11.7 Å². The van der Waals surface area contributed by atoms with Crippen LogP contribution >= 0.6 is 0 Å². The van der Waals surface area contributed by atoms with E-state index >= 15 is 0 Å². The van der Waals surface area contributed by atoms with Gasteiger partial charge in [0.15, 0.2) is 0 Å². The first-order valence-corrected chi connectivity index (χ1v) is 7.32. The molecule has 1 aliphatic rings. The van der Waals surface area contributed by atoms with Gasteiger partial charge >= 0.3 is 0 Å². The quantitative estimate of drug-likeness (QED) is 0.928. The number of ether oxygens (including phenoxy) is 1. The lowest BCUT2D eigenvalue weighted by atomic mass is 9.97. The summed E-state index contributed by atoms with van der Waals surface area (Å²) in [7, 11) is 0. The maximum Gasteiger partial charge on any atom is 0.123 e. The number of hydrogen-bond acceptors (Lipinski definition) is 2. The first kappa shape index (κ1) is 14.1. The minimum atomic E-state index is -0.560. The monoisotopic (exact) mass is 286 g/mol. The number of fused-ring (bicyclic) bond motifs is 1. The summed E-state index contributed by atoms with van der Waals surface area (Å²) in [5, 5.41) is 10.3. The fourth-order valence-corrected chi connectivity index (χ4v) is 2.87. The van der Waals surface area contributed by atoms with Crippen LogP contribution in [0.25, 0.3) is 0 Å². The number of halogens is 1. The molecule has 2 aromatic rings. The molecule has 1 atom stereocenters. The maximum absolute atomic E-state index is 13.1. The first-order valence-electron chi connectivity index (χ1n) is 7.32. The first-order chi connectivity index (χ1) is 10.1. The molecule has 2 aromatic carbocycles. The van der Waals surface area contributed by atoms with E-state index in [1.54, 1.807) is 6.07 Å². The number of benzene rings is 2. The van der Waals surface area contributed by atoms with Gasteiger partial charge in [0.1, 0.15) is 11.6 Å². The molecule has 0 fully saturated rings. The Bertz CT molecular complexity index is 652. The van der Waals surface area contributed by atoms with Crippen molar-refractivity contribution in [3.05, 3.63) is 64.5 Å². The molecule has 0 radical (unpaired) electrons. The average molecular weight is 286 g/mol. The number of rotatable bonds is 4. The van der Waals surface area contributed by atoms with E-state index in [2.05, 4.69) is 6.07 Å². The Morgan fingerprint density at radius 3 is 2.90 bits per heavy atom. The van der Waals surface area contributed by atoms with Crippen molar-refractivity contribution in [2.45, 2.75) is 32.3 Å². The van der Waals surface area contributed by atoms with Crippen LogP contribution in [0.5, 0.6) is 5.75 Å². The zero-order valence-corrected chi connectivity index (χ0v) is 12.1. The Kier molecular flexibility index (Phi) is 3.93. The van der Waals surface area contributed by atoms with Crippen LogP contribution in [0.1, 0.15) is 34.8 Å². The Balaban J connectivity index is 1.67. The van der Waals surface area contributed by atoms with E-state index in [1.165, 1.54) is 23.3 Å². The standard InChI is InChI=1S/C18H19FO2/c1-12-10-15(19)4-5-16(12)17(20)6-2-13-3-7-18-14(11-13)8-9-21-18/h3-5,7,10-11,17,20H,2,6,8-9H2,1H3. The zero-order valence-electron chi connectivity index (χ0n) is 12.1. The Hall–Kier alpha value is -1.87. The highest BCUT2D eigenvalue weighted by Crippen LogP contribution is 2.28. The lowest BCUT2D eigenvalue weighted by Crippen LogP contribution is -2.02. The van der Waals surface area contributed by atoms with Crippen molar-refractivity contribution in [2.24, 2.45) is 0 Å². The summed E-state index contributed by atoms with van der Waals surface area (Å²) < 4.78 is 18.6. The van der Waals surface area contributed by atoms with Crippen LogP contribution < -0.4 is 4.74 Å². The van der Waals surface area contributed by atoms with Gasteiger partial charge in [-0.3, -0.25) is 0 Å². The van der Waals surface area contributed by atoms with Crippen molar-refractivity contribution < 1.29 is 14.2 Å². The molecule has 1 N–H and O–H groups in total. The van der Waals surface area contributed by atoms with E-state index in [0.717, 1.165) is 36.3 Å². The molecular formula is C18H19FO2. The van der Waals surface area contributed by atoms with E-state index < -0.39 is 6.10 Å². The molecule has 0 bridgehead atoms. The van der Waals surface area contributed by atoms with Crippen molar-refractivity contribution in [3.8, 4) is 5.75 Å². The van der Waals surface area contributed by atoms with E-state index in [0.29, 0.717) is 6.42 Å². The predicted molar refractivity (Wildman–Crippen MR) is 80.1 cm³/mol. The summed E-state index contributed by atoms with van der Waals surface area (Å²) in [6.07, 6.45) is 1.83. The number of aliphatic hydroxyl groups is 1. The molecule has 3 rings (SSSR count). The Labute approximate surface area is 124 Å². The predicted octanol–water partition coefficient (Wildman–Crippen LogP) is 3.74. The highest BCUT2D eigenvalue weighted by atomic mass is 19.1. The van der Waals surface area contributed by atoms with E-state index in [9.17, 15) is 9.50 Å². The Morgan fingerprint density at radius 1 is 1.24 bits per heavy atom. The van der Waals surface area contributed by atoms with Gasteiger partial charge < -0.3 is 9.84 Å². The fraction of sp³-hybridized carbons (Fsp3) is 0.333. The molecule has 0 aliphatic carbocycles. The van der Waals surface area contributed by atoms with Gasteiger partial charge in [-0.1, -0.05) is 18.2 Å². The second-order valence-electron chi connectivity index (χ2n) is 5.60. The molecule has 21 heavy (non-hydrogen) atoms. The minimum Gasteiger partial charge on any atom is -0.493 e. The highest BCUT2D eigenvalue weighted by Gasteiger charge is 2.14.